The largest absolute Gasteiger partial charge is 0.506 e. The van der Waals surface area contributed by atoms with Gasteiger partial charge in [-0.05, 0) is 24.3 Å². The van der Waals surface area contributed by atoms with E-state index in [1.165, 1.54) is 12.1 Å². The molecule has 0 atom stereocenters. The highest BCUT2D eigenvalue weighted by Gasteiger charge is 2.18. The van der Waals surface area contributed by atoms with E-state index in [1.54, 1.807) is 6.07 Å². The smallest absolute Gasteiger partial charge is 0.270 e. The molecule has 0 saturated carbocycles. The van der Waals surface area contributed by atoms with Crippen molar-refractivity contribution in [2.45, 2.75) is 0 Å². The zero-order chi connectivity index (χ0) is 15.6. The second-order valence-electron chi connectivity index (χ2n) is 4.04. The number of hydrogen-bond donors (Lipinski definition) is 2. The number of carbonyl (C=O) groups excluding carboxylic acids is 1. The molecule has 2 aromatic carbocycles. The maximum absolute atomic E-state index is 13.6. The lowest BCUT2D eigenvalue weighted by Crippen LogP contribution is -2.14. The van der Waals surface area contributed by atoms with Crippen LogP contribution in [0.4, 0.5) is 15.8 Å². The lowest BCUT2D eigenvalue weighted by molar-refractivity contribution is -0.384. The van der Waals surface area contributed by atoms with Crippen molar-refractivity contribution in [1.29, 1.82) is 0 Å². The van der Waals surface area contributed by atoms with Crippen LogP contribution in [0, 0.1) is 15.9 Å². The number of rotatable bonds is 3. The summed E-state index contributed by atoms with van der Waals surface area (Å²) < 4.78 is 14.2. The Hall–Kier alpha value is -2.48. The second-order valence-corrected chi connectivity index (χ2v) is 4.95. The van der Waals surface area contributed by atoms with Crippen molar-refractivity contribution in [3.05, 3.63) is 62.4 Å². The van der Waals surface area contributed by atoms with E-state index in [0.717, 1.165) is 18.2 Å². The molecule has 2 aromatic rings. The molecular weight excluding hydrogens is 347 g/mol. The molecule has 0 radical (unpaired) electrons. The maximum atomic E-state index is 13.6. The normalized spacial score (nSPS) is 10.2. The fraction of sp³-hybridized carbons (Fsp3) is 0. The first-order valence-electron chi connectivity index (χ1n) is 5.62. The van der Waals surface area contributed by atoms with Crippen molar-refractivity contribution in [3.8, 4) is 5.75 Å². The molecule has 0 saturated heterocycles. The van der Waals surface area contributed by atoms with Gasteiger partial charge in [0.1, 0.15) is 11.6 Å². The monoisotopic (exact) mass is 354 g/mol. The highest BCUT2D eigenvalue weighted by molar-refractivity contribution is 9.10. The van der Waals surface area contributed by atoms with Crippen LogP contribution in [0.3, 0.4) is 0 Å². The van der Waals surface area contributed by atoms with E-state index in [-0.39, 0.29) is 11.4 Å². The number of nitro groups is 1. The Kier molecular flexibility index (Phi) is 4.18. The van der Waals surface area contributed by atoms with Gasteiger partial charge in [0.2, 0.25) is 0 Å². The molecular formula is C13H8BrFN2O4. The number of halogens is 2. The van der Waals surface area contributed by atoms with Gasteiger partial charge in [0.25, 0.3) is 11.6 Å². The van der Waals surface area contributed by atoms with E-state index in [9.17, 15) is 24.4 Å². The standard InChI is InChI=1S/C13H8BrFN2O4/c14-7-1-4-12(18)11(5-7)16-13(19)9-6-8(17(20)21)2-3-10(9)15/h1-6,18H,(H,16,19). The minimum absolute atomic E-state index is 0.0558. The molecule has 0 heterocycles. The Morgan fingerprint density at radius 1 is 1.29 bits per heavy atom. The van der Waals surface area contributed by atoms with Gasteiger partial charge in [0, 0.05) is 16.6 Å². The molecule has 0 aromatic heterocycles. The van der Waals surface area contributed by atoms with Crippen LogP contribution in [-0.2, 0) is 0 Å². The average Bonchev–Trinajstić information content (AvgIpc) is 2.43. The van der Waals surface area contributed by atoms with E-state index in [2.05, 4.69) is 21.2 Å². The fourth-order valence-corrected chi connectivity index (χ4v) is 1.96. The van der Waals surface area contributed by atoms with E-state index >= 15 is 0 Å². The van der Waals surface area contributed by atoms with Crippen molar-refractivity contribution in [2.24, 2.45) is 0 Å². The quantitative estimate of drug-likeness (QED) is 0.501. The molecule has 0 spiro atoms. The van der Waals surface area contributed by atoms with Crippen molar-refractivity contribution in [2.75, 3.05) is 5.32 Å². The van der Waals surface area contributed by atoms with Gasteiger partial charge < -0.3 is 10.4 Å². The first-order valence-corrected chi connectivity index (χ1v) is 6.41. The molecule has 0 bridgehead atoms. The summed E-state index contributed by atoms with van der Waals surface area (Å²) >= 11 is 3.16. The summed E-state index contributed by atoms with van der Waals surface area (Å²) in [6, 6.07) is 6.95. The number of hydrogen-bond acceptors (Lipinski definition) is 4. The fourth-order valence-electron chi connectivity index (χ4n) is 1.60. The number of nitro benzene ring substituents is 1. The van der Waals surface area contributed by atoms with Crippen LogP contribution in [0.15, 0.2) is 40.9 Å². The molecule has 0 fully saturated rings. The van der Waals surface area contributed by atoms with Crippen LogP contribution in [0.1, 0.15) is 10.4 Å². The Morgan fingerprint density at radius 3 is 2.67 bits per heavy atom. The molecule has 0 aliphatic rings. The summed E-state index contributed by atoms with van der Waals surface area (Å²) in [5.74, 6) is -2.01. The number of phenols is 1. The van der Waals surface area contributed by atoms with Gasteiger partial charge >= 0.3 is 0 Å². The summed E-state index contributed by atoms with van der Waals surface area (Å²) in [4.78, 5) is 21.9. The Balaban J connectivity index is 2.34. The van der Waals surface area contributed by atoms with Crippen LogP contribution < -0.4 is 5.32 Å². The summed E-state index contributed by atoms with van der Waals surface area (Å²) in [7, 11) is 0. The number of nitrogens with zero attached hydrogens (tertiary/aromatic N) is 1. The van der Waals surface area contributed by atoms with Crippen LogP contribution >= 0.6 is 15.9 Å². The number of phenolic OH excluding ortho intramolecular Hbond substituents is 1. The third-order valence-electron chi connectivity index (χ3n) is 2.61. The van der Waals surface area contributed by atoms with Crippen LogP contribution in [0.25, 0.3) is 0 Å². The van der Waals surface area contributed by atoms with Gasteiger partial charge in [-0.25, -0.2) is 4.39 Å². The van der Waals surface area contributed by atoms with Crippen molar-refractivity contribution in [3.63, 3.8) is 0 Å². The zero-order valence-electron chi connectivity index (χ0n) is 10.3. The van der Waals surface area contributed by atoms with Crippen LogP contribution in [0.2, 0.25) is 0 Å². The average molecular weight is 355 g/mol. The van der Waals surface area contributed by atoms with E-state index in [0.29, 0.717) is 4.47 Å². The summed E-state index contributed by atoms with van der Waals surface area (Å²) in [5.41, 5.74) is -0.830. The van der Waals surface area contributed by atoms with E-state index in [1.807, 2.05) is 0 Å². The Bertz CT molecular complexity index is 736. The lowest BCUT2D eigenvalue weighted by Gasteiger charge is -2.08. The van der Waals surface area contributed by atoms with Gasteiger partial charge in [-0.2, -0.15) is 0 Å². The third kappa shape index (κ3) is 3.34. The SMILES string of the molecule is O=C(Nc1cc(Br)ccc1O)c1cc([N+](=O)[O-])ccc1F. The second kappa shape index (κ2) is 5.88. The van der Waals surface area contributed by atoms with Gasteiger partial charge in [-0.1, -0.05) is 15.9 Å². The van der Waals surface area contributed by atoms with Gasteiger partial charge in [0.15, 0.2) is 0 Å². The highest BCUT2D eigenvalue weighted by Crippen LogP contribution is 2.28. The number of nitrogens with one attached hydrogen (secondary N) is 1. The number of anilines is 1. The molecule has 21 heavy (non-hydrogen) atoms. The van der Waals surface area contributed by atoms with E-state index < -0.39 is 27.9 Å². The molecule has 0 aliphatic heterocycles. The molecule has 8 heteroatoms. The first kappa shape index (κ1) is 14.9. The van der Waals surface area contributed by atoms with E-state index in [4.69, 9.17) is 0 Å². The number of carbonyl (C=O) groups is 1. The number of non-ortho nitro benzene ring substituents is 1. The third-order valence-corrected chi connectivity index (χ3v) is 3.11. The van der Waals surface area contributed by atoms with Gasteiger partial charge in [-0.15, -0.1) is 0 Å². The molecule has 0 unspecified atom stereocenters. The molecule has 1 amide bonds. The number of benzene rings is 2. The predicted octanol–water partition coefficient (Wildman–Crippen LogP) is 3.45. The molecule has 2 rings (SSSR count). The van der Waals surface area contributed by atoms with Crippen LogP contribution in [-0.4, -0.2) is 15.9 Å². The molecule has 6 nitrogen and oxygen atoms in total. The van der Waals surface area contributed by atoms with Gasteiger partial charge in [-0.3, -0.25) is 14.9 Å². The Labute approximate surface area is 126 Å². The topological polar surface area (TPSA) is 92.5 Å². The number of amides is 1. The molecule has 2 N–H and O–H groups in total. The van der Waals surface area contributed by atoms with Crippen molar-refractivity contribution in [1.82, 2.24) is 0 Å². The lowest BCUT2D eigenvalue weighted by atomic mass is 10.1. The summed E-state index contributed by atoms with van der Waals surface area (Å²) in [6.45, 7) is 0. The Morgan fingerprint density at radius 2 is 2.00 bits per heavy atom. The first-order chi connectivity index (χ1) is 9.88. The molecule has 108 valence electrons. The van der Waals surface area contributed by atoms with Crippen molar-refractivity contribution < 1.29 is 19.2 Å². The van der Waals surface area contributed by atoms with Crippen LogP contribution in [0.5, 0.6) is 5.75 Å². The summed E-state index contributed by atoms with van der Waals surface area (Å²) in [6.07, 6.45) is 0. The predicted molar refractivity (Wildman–Crippen MR) is 76.8 cm³/mol. The maximum Gasteiger partial charge on any atom is 0.270 e. The minimum Gasteiger partial charge on any atom is -0.506 e. The summed E-state index contributed by atoms with van der Waals surface area (Å²) in [5, 5.41) is 22.5. The molecule has 0 aliphatic carbocycles. The van der Waals surface area contributed by atoms with Gasteiger partial charge in [0.05, 0.1) is 16.2 Å². The van der Waals surface area contributed by atoms with Crippen molar-refractivity contribution >= 4 is 33.2 Å². The highest BCUT2D eigenvalue weighted by atomic mass is 79.9. The number of aromatic hydroxyl groups is 1. The minimum atomic E-state index is -0.899. The zero-order valence-corrected chi connectivity index (χ0v) is 11.9.